The lowest BCUT2D eigenvalue weighted by molar-refractivity contribution is -0.0190. The number of carbonyl (C=O) groups is 2. The highest BCUT2D eigenvalue weighted by Crippen LogP contribution is 2.29. The number of rotatable bonds is 8. The molecule has 1 heterocycles. The van der Waals surface area contributed by atoms with Gasteiger partial charge in [0.05, 0.1) is 30.4 Å². The van der Waals surface area contributed by atoms with Crippen LogP contribution in [0.3, 0.4) is 0 Å². The second-order valence-electron chi connectivity index (χ2n) is 13.0. The van der Waals surface area contributed by atoms with Crippen LogP contribution in [-0.2, 0) is 4.74 Å². The van der Waals surface area contributed by atoms with Gasteiger partial charge in [0.25, 0.3) is 5.91 Å². The average Bonchev–Trinajstić information content (AvgIpc) is 2.94. The van der Waals surface area contributed by atoms with E-state index in [9.17, 15) is 14.7 Å². The monoisotopic (exact) mass is 588 g/mol. The van der Waals surface area contributed by atoms with E-state index in [4.69, 9.17) is 9.47 Å². The molecule has 0 aromatic heterocycles. The smallest absolute Gasteiger partial charge is 0.319 e. The van der Waals surface area contributed by atoms with Crippen molar-refractivity contribution >= 4 is 17.6 Å². The second kappa shape index (κ2) is 17.1. The van der Waals surface area contributed by atoms with Gasteiger partial charge in [0, 0.05) is 43.9 Å². The molecule has 0 saturated heterocycles. The van der Waals surface area contributed by atoms with Gasteiger partial charge in [-0.15, -0.1) is 0 Å². The summed E-state index contributed by atoms with van der Waals surface area (Å²) >= 11 is 0. The molecule has 238 valence electrons. The van der Waals surface area contributed by atoms with E-state index in [1.807, 2.05) is 27.7 Å². The summed E-state index contributed by atoms with van der Waals surface area (Å²) in [7, 11) is 2.19. The zero-order valence-corrected chi connectivity index (χ0v) is 26.9. The molecule has 0 unspecified atom stereocenters. The number of amides is 3. The van der Waals surface area contributed by atoms with Gasteiger partial charge in [0.1, 0.15) is 5.75 Å². The van der Waals surface area contributed by atoms with E-state index in [-0.39, 0.29) is 42.7 Å². The maximum atomic E-state index is 14.2. The highest BCUT2D eigenvalue weighted by atomic mass is 16.5. The van der Waals surface area contributed by atoms with Crippen molar-refractivity contribution in [2.75, 3.05) is 45.2 Å². The molecule has 2 aliphatic rings. The van der Waals surface area contributed by atoms with Gasteiger partial charge in [0.15, 0.2) is 0 Å². The third kappa shape index (κ3) is 10.7. The van der Waals surface area contributed by atoms with E-state index in [0.717, 1.165) is 38.3 Å². The normalized spacial score (nSPS) is 24.1. The number of urea groups is 1. The van der Waals surface area contributed by atoms with Crippen LogP contribution in [0.5, 0.6) is 5.75 Å². The standard InChI is InChI=1S/C33H56N4O5/c1-23(2)34-33(40)35-28-15-16-30-29(18-28)32(39)37(25(4)22-38)19-24(3)31(41-17-11-10-12-26(5)42-30)21-36(6)20-27-13-8-7-9-14-27/h15-16,18,23-27,31,38H,7-14,17,19-22H2,1-6H3,(H2,34,35,40)/t24-,25-,26-,31-/m1/s1. The van der Waals surface area contributed by atoms with Crippen molar-refractivity contribution in [3.8, 4) is 5.75 Å². The molecule has 1 aromatic carbocycles. The molecule has 42 heavy (non-hydrogen) atoms. The van der Waals surface area contributed by atoms with Crippen LogP contribution in [0.1, 0.15) is 96.3 Å². The zero-order chi connectivity index (χ0) is 30.6. The highest BCUT2D eigenvalue weighted by molar-refractivity contribution is 5.99. The summed E-state index contributed by atoms with van der Waals surface area (Å²) < 4.78 is 12.8. The lowest BCUT2D eigenvalue weighted by atomic mass is 9.89. The number of aliphatic hydroxyl groups excluding tert-OH is 1. The van der Waals surface area contributed by atoms with Crippen molar-refractivity contribution in [3.63, 3.8) is 0 Å². The minimum atomic E-state index is -0.403. The van der Waals surface area contributed by atoms with Gasteiger partial charge in [-0.1, -0.05) is 26.2 Å². The van der Waals surface area contributed by atoms with Gasteiger partial charge in [-0.05, 0) is 91.0 Å². The van der Waals surface area contributed by atoms with Gasteiger partial charge in [-0.2, -0.15) is 0 Å². The van der Waals surface area contributed by atoms with Crippen LogP contribution in [0.25, 0.3) is 0 Å². The maximum Gasteiger partial charge on any atom is 0.319 e. The van der Waals surface area contributed by atoms with E-state index in [1.54, 1.807) is 23.1 Å². The van der Waals surface area contributed by atoms with Crippen LogP contribution >= 0.6 is 0 Å². The van der Waals surface area contributed by atoms with Crippen LogP contribution < -0.4 is 15.4 Å². The number of carbonyl (C=O) groups excluding carboxylic acids is 2. The molecule has 4 atom stereocenters. The van der Waals surface area contributed by atoms with Crippen molar-refractivity contribution in [2.45, 2.75) is 110 Å². The summed E-state index contributed by atoms with van der Waals surface area (Å²) in [6.45, 7) is 12.6. The number of hydrogen-bond acceptors (Lipinski definition) is 6. The molecule has 1 aromatic rings. The molecule has 1 fully saturated rings. The molecule has 3 N–H and O–H groups in total. The second-order valence-corrected chi connectivity index (χ2v) is 13.0. The predicted molar refractivity (Wildman–Crippen MR) is 168 cm³/mol. The Morgan fingerprint density at radius 1 is 1.07 bits per heavy atom. The summed E-state index contributed by atoms with van der Waals surface area (Å²) in [5, 5.41) is 15.8. The van der Waals surface area contributed by atoms with Crippen LogP contribution in [0.15, 0.2) is 18.2 Å². The molecular weight excluding hydrogens is 532 g/mol. The molecule has 9 nitrogen and oxygen atoms in total. The van der Waals surface area contributed by atoms with Gasteiger partial charge in [-0.25, -0.2) is 4.79 Å². The number of aliphatic hydroxyl groups is 1. The van der Waals surface area contributed by atoms with Crippen LogP contribution in [0, 0.1) is 11.8 Å². The van der Waals surface area contributed by atoms with Crippen LogP contribution in [-0.4, -0.2) is 91.0 Å². The zero-order valence-electron chi connectivity index (χ0n) is 26.9. The number of benzene rings is 1. The Hall–Kier alpha value is -2.36. The Morgan fingerprint density at radius 2 is 1.79 bits per heavy atom. The third-order valence-corrected chi connectivity index (χ3v) is 8.52. The Balaban J connectivity index is 1.87. The van der Waals surface area contributed by atoms with Crippen LogP contribution in [0.2, 0.25) is 0 Å². The van der Waals surface area contributed by atoms with Gasteiger partial charge in [0.2, 0.25) is 0 Å². The summed E-state index contributed by atoms with van der Waals surface area (Å²) in [5.74, 6) is 1.04. The van der Waals surface area contributed by atoms with E-state index < -0.39 is 6.04 Å². The van der Waals surface area contributed by atoms with Crippen molar-refractivity contribution in [2.24, 2.45) is 11.8 Å². The summed E-state index contributed by atoms with van der Waals surface area (Å²) in [4.78, 5) is 30.8. The van der Waals surface area contributed by atoms with E-state index >= 15 is 0 Å². The van der Waals surface area contributed by atoms with Crippen molar-refractivity contribution in [3.05, 3.63) is 23.8 Å². The number of anilines is 1. The lowest BCUT2D eigenvalue weighted by Crippen LogP contribution is -2.47. The maximum absolute atomic E-state index is 14.2. The number of hydrogen-bond donors (Lipinski definition) is 3. The molecule has 9 heteroatoms. The summed E-state index contributed by atoms with van der Waals surface area (Å²) in [6, 6.07) is 4.45. The molecule has 1 aliphatic carbocycles. The largest absolute Gasteiger partial charge is 0.490 e. The molecular formula is C33H56N4O5. The Kier molecular flexibility index (Phi) is 13.9. The summed E-state index contributed by atoms with van der Waals surface area (Å²) in [6.07, 6.45) is 9.23. The molecule has 1 aliphatic heterocycles. The third-order valence-electron chi connectivity index (χ3n) is 8.52. The average molecular weight is 589 g/mol. The first kappa shape index (κ1) is 34.1. The van der Waals surface area contributed by atoms with Gasteiger partial charge >= 0.3 is 6.03 Å². The van der Waals surface area contributed by atoms with Crippen molar-refractivity contribution in [1.29, 1.82) is 0 Å². The number of nitrogens with one attached hydrogen (secondary N) is 2. The minimum absolute atomic E-state index is 0.0209. The number of nitrogens with zero attached hydrogens (tertiary/aromatic N) is 2. The molecule has 1 saturated carbocycles. The van der Waals surface area contributed by atoms with E-state index in [0.29, 0.717) is 30.2 Å². The summed E-state index contributed by atoms with van der Waals surface area (Å²) in [5.41, 5.74) is 0.883. The minimum Gasteiger partial charge on any atom is -0.490 e. The molecule has 3 amide bonds. The first-order chi connectivity index (χ1) is 20.1. The van der Waals surface area contributed by atoms with Gasteiger partial charge in [-0.3, -0.25) is 4.79 Å². The van der Waals surface area contributed by atoms with Crippen molar-refractivity contribution in [1.82, 2.24) is 15.1 Å². The Bertz CT molecular complexity index is 983. The van der Waals surface area contributed by atoms with E-state index in [2.05, 4.69) is 29.5 Å². The molecule has 0 bridgehead atoms. The van der Waals surface area contributed by atoms with E-state index in [1.165, 1.54) is 32.1 Å². The Labute approximate surface area is 253 Å². The van der Waals surface area contributed by atoms with Crippen molar-refractivity contribution < 1.29 is 24.2 Å². The molecule has 0 spiro atoms. The molecule has 0 radical (unpaired) electrons. The fourth-order valence-electron chi connectivity index (χ4n) is 6.08. The number of fused-ring (bicyclic) bond motifs is 1. The molecule has 3 rings (SSSR count). The Morgan fingerprint density at radius 3 is 2.48 bits per heavy atom. The fraction of sp³-hybridized carbons (Fsp3) is 0.758. The SMILES string of the molecule is CC(C)NC(=O)Nc1ccc2c(c1)C(=O)N([C@H](C)CO)C[C@@H](C)[C@@H](CN(C)CC1CCCCC1)OCCCC[C@@H](C)O2. The number of likely N-dealkylation sites (N-methyl/N-ethyl adjacent to an activating group) is 1. The quantitative estimate of drug-likeness (QED) is 0.369. The first-order valence-electron chi connectivity index (χ1n) is 16.2. The van der Waals surface area contributed by atoms with Gasteiger partial charge < -0.3 is 35.0 Å². The van der Waals surface area contributed by atoms with Crippen LogP contribution in [0.4, 0.5) is 10.5 Å². The highest BCUT2D eigenvalue weighted by Gasteiger charge is 2.31. The lowest BCUT2D eigenvalue weighted by Gasteiger charge is -2.36. The number of ether oxygens (including phenoxy) is 2. The topological polar surface area (TPSA) is 103 Å². The predicted octanol–water partition coefficient (Wildman–Crippen LogP) is 5.52. The first-order valence-corrected chi connectivity index (χ1v) is 16.2. The fourth-order valence-corrected chi connectivity index (χ4v) is 6.08.